The highest BCUT2D eigenvalue weighted by molar-refractivity contribution is 6.24. The molecule has 1 aromatic carbocycles. The second-order valence-electron chi connectivity index (χ2n) is 9.46. The molecule has 4 fully saturated rings. The van der Waals surface area contributed by atoms with Gasteiger partial charge in [-0.05, 0) is 49.9 Å². The molecule has 0 bridgehead atoms. The molecule has 4 aliphatic rings. The molecule has 2 saturated carbocycles. The molecule has 5 rings (SSSR count). The van der Waals surface area contributed by atoms with Crippen LogP contribution in [0.4, 0.5) is 11.4 Å². The molecular weight excluding hydrogens is 408 g/mol. The first-order chi connectivity index (χ1) is 15.5. The Kier molecular flexibility index (Phi) is 5.82. The van der Waals surface area contributed by atoms with Crippen LogP contribution in [0.15, 0.2) is 24.3 Å². The number of benzene rings is 1. The van der Waals surface area contributed by atoms with E-state index in [0.29, 0.717) is 23.5 Å². The second-order valence-corrected chi connectivity index (χ2v) is 9.46. The van der Waals surface area contributed by atoms with E-state index in [2.05, 4.69) is 10.6 Å². The molecule has 2 aliphatic heterocycles. The lowest BCUT2D eigenvalue weighted by molar-refractivity contribution is -0.123. The third kappa shape index (κ3) is 3.97. The molecule has 8 heteroatoms. The fourth-order valence-electron chi connectivity index (χ4n) is 5.57. The zero-order valence-electron chi connectivity index (χ0n) is 18.2. The molecule has 0 unspecified atom stereocenters. The Morgan fingerprint density at radius 3 is 1.28 bits per heavy atom. The van der Waals surface area contributed by atoms with Crippen molar-refractivity contribution >= 4 is 35.0 Å². The van der Waals surface area contributed by atoms with Gasteiger partial charge in [0.25, 0.3) is 11.8 Å². The summed E-state index contributed by atoms with van der Waals surface area (Å²) >= 11 is 0. The predicted molar refractivity (Wildman–Crippen MR) is 119 cm³/mol. The molecule has 32 heavy (non-hydrogen) atoms. The van der Waals surface area contributed by atoms with Gasteiger partial charge in [0.05, 0.1) is 36.3 Å². The maximum absolute atomic E-state index is 12.9. The summed E-state index contributed by atoms with van der Waals surface area (Å²) in [5.41, 5.74) is 0.943. The highest BCUT2D eigenvalue weighted by Gasteiger charge is 2.42. The first-order valence-corrected chi connectivity index (χ1v) is 11.9. The normalized spacial score (nSPS) is 27.5. The SMILES string of the molecule is O=C1C[C@H](NC2CCCC2)C(=O)N1c1ccc(N2C(=O)C[C@H](NC3CCCC3)C2=O)cc1. The van der Waals surface area contributed by atoms with Crippen molar-refractivity contribution in [2.75, 3.05) is 9.80 Å². The van der Waals surface area contributed by atoms with Crippen molar-refractivity contribution in [2.24, 2.45) is 0 Å². The van der Waals surface area contributed by atoms with Gasteiger partial charge < -0.3 is 10.6 Å². The summed E-state index contributed by atoms with van der Waals surface area (Å²) in [7, 11) is 0. The number of hydrogen-bond acceptors (Lipinski definition) is 6. The summed E-state index contributed by atoms with van der Waals surface area (Å²) in [5, 5.41) is 6.69. The lowest BCUT2D eigenvalue weighted by Gasteiger charge is -2.20. The zero-order chi connectivity index (χ0) is 22.2. The zero-order valence-corrected chi connectivity index (χ0v) is 18.2. The number of nitrogens with one attached hydrogen (secondary N) is 2. The highest BCUT2D eigenvalue weighted by atomic mass is 16.2. The average molecular weight is 439 g/mol. The fraction of sp³-hybridized carbons (Fsp3) is 0.583. The monoisotopic (exact) mass is 438 g/mol. The lowest BCUT2D eigenvalue weighted by atomic mass is 10.2. The fourth-order valence-corrected chi connectivity index (χ4v) is 5.57. The molecule has 0 radical (unpaired) electrons. The predicted octanol–water partition coefficient (Wildman–Crippen LogP) is 2.01. The van der Waals surface area contributed by atoms with Crippen molar-refractivity contribution in [1.82, 2.24) is 10.6 Å². The smallest absolute Gasteiger partial charge is 0.251 e. The Morgan fingerprint density at radius 2 is 0.938 bits per heavy atom. The number of anilines is 2. The molecule has 2 saturated heterocycles. The summed E-state index contributed by atoms with van der Waals surface area (Å²) in [6.45, 7) is 0. The van der Waals surface area contributed by atoms with Gasteiger partial charge in [-0.2, -0.15) is 0 Å². The van der Waals surface area contributed by atoms with Crippen LogP contribution < -0.4 is 20.4 Å². The maximum atomic E-state index is 12.9. The van der Waals surface area contributed by atoms with Gasteiger partial charge in [0.1, 0.15) is 0 Å². The topological polar surface area (TPSA) is 98.8 Å². The van der Waals surface area contributed by atoms with Crippen molar-refractivity contribution in [2.45, 2.75) is 88.4 Å². The van der Waals surface area contributed by atoms with E-state index in [1.54, 1.807) is 24.3 Å². The molecular formula is C24H30N4O4. The van der Waals surface area contributed by atoms with Crippen molar-refractivity contribution in [3.63, 3.8) is 0 Å². The lowest BCUT2D eigenvalue weighted by Crippen LogP contribution is -2.43. The Balaban J connectivity index is 1.26. The van der Waals surface area contributed by atoms with Crippen LogP contribution in [-0.2, 0) is 19.2 Å². The third-order valence-electron chi connectivity index (χ3n) is 7.24. The summed E-state index contributed by atoms with van der Waals surface area (Å²) < 4.78 is 0. The molecule has 0 aromatic heterocycles. The van der Waals surface area contributed by atoms with Crippen LogP contribution in [0.5, 0.6) is 0 Å². The van der Waals surface area contributed by atoms with Crippen LogP contribution in [0, 0.1) is 0 Å². The van der Waals surface area contributed by atoms with E-state index < -0.39 is 12.1 Å². The quantitative estimate of drug-likeness (QED) is 0.660. The molecule has 170 valence electrons. The van der Waals surface area contributed by atoms with Gasteiger partial charge in [0.15, 0.2) is 0 Å². The van der Waals surface area contributed by atoms with Gasteiger partial charge in [-0.3, -0.25) is 19.2 Å². The van der Waals surface area contributed by atoms with Gasteiger partial charge in [-0.1, -0.05) is 25.7 Å². The number of carbonyl (C=O) groups excluding carboxylic acids is 4. The standard InChI is InChI=1S/C24H30N4O4/c29-21-13-19(25-15-5-1-2-6-15)23(31)27(21)17-9-11-18(12-10-17)28-22(30)14-20(24(28)32)26-16-7-3-4-8-16/h9-12,15-16,19-20,25-26H,1-8,13-14H2/t19-,20-/m0/s1. The van der Waals surface area contributed by atoms with E-state index in [0.717, 1.165) is 51.4 Å². The van der Waals surface area contributed by atoms with Crippen molar-refractivity contribution in [1.29, 1.82) is 0 Å². The van der Waals surface area contributed by atoms with Gasteiger partial charge >= 0.3 is 0 Å². The van der Waals surface area contributed by atoms with Gasteiger partial charge in [-0.25, -0.2) is 9.80 Å². The van der Waals surface area contributed by atoms with Crippen molar-refractivity contribution in [3.05, 3.63) is 24.3 Å². The van der Waals surface area contributed by atoms with E-state index in [9.17, 15) is 19.2 Å². The van der Waals surface area contributed by atoms with Crippen molar-refractivity contribution < 1.29 is 19.2 Å². The summed E-state index contributed by atoms with van der Waals surface area (Å²) in [5.74, 6) is -0.924. The maximum Gasteiger partial charge on any atom is 0.251 e. The van der Waals surface area contributed by atoms with Crippen molar-refractivity contribution in [3.8, 4) is 0 Å². The summed E-state index contributed by atoms with van der Waals surface area (Å²) in [4.78, 5) is 53.3. The number of rotatable bonds is 6. The van der Waals surface area contributed by atoms with E-state index in [4.69, 9.17) is 0 Å². The molecule has 8 nitrogen and oxygen atoms in total. The van der Waals surface area contributed by atoms with E-state index in [1.807, 2.05) is 0 Å². The van der Waals surface area contributed by atoms with E-state index in [1.165, 1.54) is 9.80 Å². The minimum absolute atomic E-state index is 0.161. The summed E-state index contributed by atoms with van der Waals surface area (Å²) in [6.07, 6.45) is 9.12. The molecule has 2 aliphatic carbocycles. The molecule has 0 spiro atoms. The van der Waals surface area contributed by atoms with Crippen LogP contribution in [-0.4, -0.2) is 47.8 Å². The number of nitrogens with zero attached hydrogens (tertiary/aromatic N) is 2. The first kappa shape index (κ1) is 21.3. The van der Waals surface area contributed by atoms with E-state index in [-0.39, 0.29) is 36.5 Å². The Labute approximate surface area is 187 Å². The summed E-state index contributed by atoms with van der Waals surface area (Å²) in [6, 6.07) is 6.21. The highest BCUT2D eigenvalue weighted by Crippen LogP contribution is 2.30. The molecule has 4 amide bonds. The molecule has 1 aromatic rings. The van der Waals surface area contributed by atoms with Crippen LogP contribution >= 0.6 is 0 Å². The molecule has 2 atom stereocenters. The largest absolute Gasteiger partial charge is 0.303 e. The minimum Gasteiger partial charge on any atom is -0.303 e. The molecule has 2 N–H and O–H groups in total. The van der Waals surface area contributed by atoms with Crippen LogP contribution in [0.2, 0.25) is 0 Å². The number of amides is 4. The first-order valence-electron chi connectivity index (χ1n) is 11.9. The Morgan fingerprint density at radius 1 is 0.594 bits per heavy atom. The Bertz CT molecular complexity index is 843. The van der Waals surface area contributed by atoms with Gasteiger partial charge in [0.2, 0.25) is 11.8 Å². The van der Waals surface area contributed by atoms with Crippen LogP contribution in [0.3, 0.4) is 0 Å². The second kappa shape index (κ2) is 8.75. The van der Waals surface area contributed by atoms with Crippen LogP contribution in [0.1, 0.15) is 64.2 Å². The third-order valence-corrected chi connectivity index (χ3v) is 7.24. The average Bonchev–Trinajstić information content (AvgIpc) is 3.56. The Hall–Kier alpha value is -2.58. The van der Waals surface area contributed by atoms with Gasteiger partial charge in [0, 0.05) is 12.1 Å². The number of carbonyl (C=O) groups is 4. The van der Waals surface area contributed by atoms with Crippen LogP contribution in [0.25, 0.3) is 0 Å². The minimum atomic E-state index is -0.477. The number of imide groups is 2. The molecule has 2 heterocycles. The number of hydrogen-bond donors (Lipinski definition) is 2. The van der Waals surface area contributed by atoms with Gasteiger partial charge in [-0.15, -0.1) is 0 Å². The van der Waals surface area contributed by atoms with E-state index >= 15 is 0 Å².